The summed E-state index contributed by atoms with van der Waals surface area (Å²) in [5, 5.41) is 0. The van der Waals surface area contributed by atoms with Gasteiger partial charge >= 0.3 is 5.97 Å². The van der Waals surface area contributed by atoms with Gasteiger partial charge in [0.15, 0.2) is 0 Å². The van der Waals surface area contributed by atoms with Gasteiger partial charge in [-0.15, -0.1) is 6.58 Å². The predicted molar refractivity (Wildman–Crippen MR) is 165 cm³/mol. The molecule has 0 N–H and O–H groups in total. The van der Waals surface area contributed by atoms with E-state index in [-0.39, 0.29) is 0 Å². The van der Waals surface area contributed by atoms with Gasteiger partial charge in [-0.05, 0) is 97.8 Å². The van der Waals surface area contributed by atoms with Crippen LogP contribution in [0.3, 0.4) is 0 Å². The van der Waals surface area contributed by atoms with Gasteiger partial charge in [-0.3, -0.25) is 0 Å². The molecule has 0 aliphatic rings. The van der Waals surface area contributed by atoms with Crippen molar-refractivity contribution < 1.29 is 28.8 Å². The van der Waals surface area contributed by atoms with Gasteiger partial charge in [0.1, 0.15) is 23.9 Å². The maximum atomic E-state index is 12.6. The van der Waals surface area contributed by atoms with Crippen LogP contribution in [-0.2, 0) is 16.4 Å². The zero-order valence-electron chi connectivity index (χ0n) is 24.1. The number of carbonyl (C=O) groups excluding carboxylic acids is 1. The van der Waals surface area contributed by atoms with Gasteiger partial charge < -0.3 is 14.2 Å². The fourth-order valence-electron chi connectivity index (χ4n) is 4.04. The zero-order chi connectivity index (χ0) is 29.4. The van der Waals surface area contributed by atoms with E-state index in [4.69, 9.17) is 24.0 Å². The molecule has 0 saturated heterocycles. The van der Waals surface area contributed by atoms with Gasteiger partial charge in [-0.1, -0.05) is 60.2 Å². The van der Waals surface area contributed by atoms with E-state index in [9.17, 15) is 4.79 Å². The molecule has 4 aromatic rings. The number of hydrogen-bond donors (Lipinski definition) is 0. The lowest BCUT2D eigenvalue weighted by molar-refractivity contribution is -0.304. The molecule has 4 rings (SSSR count). The number of allylic oxidation sites excluding steroid dienone is 1. The molecule has 6 heteroatoms. The molecule has 0 radical (unpaired) electrons. The fraction of sp³-hybridized carbons (Fsp3) is 0.250. The quantitative estimate of drug-likeness (QED) is 0.0319. The lowest BCUT2D eigenvalue weighted by atomic mass is 10.1. The Morgan fingerprint density at radius 1 is 0.643 bits per heavy atom. The van der Waals surface area contributed by atoms with E-state index in [0.29, 0.717) is 37.7 Å². The second-order valence-corrected chi connectivity index (χ2v) is 9.87. The van der Waals surface area contributed by atoms with Crippen LogP contribution in [0.25, 0.3) is 11.1 Å². The summed E-state index contributed by atoms with van der Waals surface area (Å²) < 4.78 is 17.2. The molecule has 0 atom stereocenters. The molecule has 0 spiro atoms. The van der Waals surface area contributed by atoms with Crippen LogP contribution in [0.5, 0.6) is 17.2 Å². The van der Waals surface area contributed by atoms with Crippen LogP contribution < -0.4 is 14.2 Å². The van der Waals surface area contributed by atoms with Gasteiger partial charge in [0.2, 0.25) is 0 Å². The van der Waals surface area contributed by atoms with Crippen molar-refractivity contribution in [3.63, 3.8) is 0 Å². The fourth-order valence-corrected chi connectivity index (χ4v) is 4.04. The van der Waals surface area contributed by atoms with Crippen LogP contribution in [0.1, 0.15) is 47.2 Å². The zero-order valence-corrected chi connectivity index (χ0v) is 24.1. The van der Waals surface area contributed by atoms with Gasteiger partial charge in [0.25, 0.3) is 0 Å². The van der Waals surface area contributed by atoms with E-state index in [2.05, 4.69) is 25.6 Å². The third kappa shape index (κ3) is 10.2. The summed E-state index contributed by atoms with van der Waals surface area (Å²) in [6, 6.07) is 30.6. The molecule has 0 aliphatic carbocycles. The number of ether oxygens (including phenoxy) is 3. The van der Waals surface area contributed by atoms with Crippen LogP contribution in [-0.4, -0.2) is 25.8 Å². The van der Waals surface area contributed by atoms with E-state index < -0.39 is 5.97 Å². The summed E-state index contributed by atoms with van der Waals surface area (Å²) in [5.41, 5.74) is 4.66. The van der Waals surface area contributed by atoms with E-state index >= 15 is 0 Å². The number of rotatable bonds is 17. The second kappa shape index (κ2) is 16.8. The third-order valence-electron chi connectivity index (χ3n) is 6.48. The van der Waals surface area contributed by atoms with Crippen molar-refractivity contribution in [3.05, 3.63) is 126 Å². The van der Waals surface area contributed by atoms with Gasteiger partial charge in [-0.2, -0.15) is 0 Å². The number of carbonyl (C=O) groups is 1. The van der Waals surface area contributed by atoms with Crippen molar-refractivity contribution >= 4 is 5.97 Å². The van der Waals surface area contributed by atoms with E-state index in [1.807, 2.05) is 66.7 Å². The predicted octanol–water partition coefficient (Wildman–Crippen LogP) is 8.53. The average Bonchev–Trinajstić information content (AvgIpc) is 3.02. The number of esters is 1. The smallest absolute Gasteiger partial charge is 0.343 e. The molecule has 0 unspecified atom stereocenters. The second-order valence-electron chi connectivity index (χ2n) is 9.87. The molecular formula is C36H38O6. The monoisotopic (exact) mass is 566 g/mol. The minimum atomic E-state index is -0.417. The van der Waals surface area contributed by atoms with Crippen molar-refractivity contribution in [1.29, 1.82) is 0 Å². The molecule has 0 aliphatic heterocycles. The molecule has 6 nitrogen and oxygen atoms in total. The number of benzene rings is 4. The summed E-state index contributed by atoms with van der Waals surface area (Å²) in [4.78, 5) is 22.9. The third-order valence-corrected chi connectivity index (χ3v) is 6.48. The molecule has 0 fully saturated rings. The van der Waals surface area contributed by atoms with Gasteiger partial charge in [0.05, 0.1) is 25.4 Å². The molecule has 0 aromatic heterocycles. The molecule has 4 aromatic carbocycles. The Morgan fingerprint density at radius 3 is 1.76 bits per heavy atom. The first-order chi connectivity index (χ1) is 20.6. The lowest BCUT2D eigenvalue weighted by Gasteiger charge is -2.09. The van der Waals surface area contributed by atoms with Crippen LogP contribution in [0, 0.1) is 6.92 Å². The number of unbranched alkanes of at least 4 members (excludes halogenated alkanes) is 2. The molecule has 0 bridgehead atoms. The van der Waals surface area contributed by atoms with Crippen LogP contribution >= 0.6 is 0 Å². The Kier molecular flexibility index (Phi) is 12.2. The maximum absolute atomic E-state index is 12.6. The first kappa shape index (κ1) is 30.6. The van der Waals surface area contributed by atoms with Gasteiger partial charge in [0, 0.05) is 0 Å². The minimum Gasteiger partial charge on any atom is -0.494 e. The Bertz CT molecular complexity index is 1360. The van der Waals surface area contributed by atoms with Crippen molar-refractivity contribution in [2.45, 2.75) is 39.2 Å². The van der Waals surface area contributed by atoms with Gasteiger partial charge in [-0.25, -0.2) is 14.6 Å². The van der Waals surface area contributed by atoms with Crippen LogP contribution in [0.4, 0.5) is 0 Å². The normalized spacial score (nSPS) is 10.7. The van der Waals surface area contributed by atoms with Crippen molar-refractivity contribution in [2.75, 3.05) is 19.8 Å². The highest BCUT2D eigenvalue weighted by molar-refractivity contribution is 5.91. The minimum absolute atomic E-state index is 0.308. The van der Waals surface area contributed by atoms with Crippen LogP contribution in [0.2, 0.25) is 0 Å². The average molecular weight is 567 g/mol. The number of aryl methyl sites for hydroxylation is 1. The first-order valence-corrected chi connectivity index (χ1v) is 14.3. The molecule has 0 saturated carbocycles. The standard InChI is InChI=1S/C36H38O6/c1-3-4-5-26-40-41-27-29-10-12-32(13-11-29)36(37)42-35-22-16-31(17-23-35)30-14-20-34(21-15-30)39-25-7-6-24-38-33-18-8-28(2)9-19-33/h3,8-23H,1,4-7,24-27H2,2H3. The lowest BCUT2D eigenvalue weighted by Crippen LogP contribution is -2.08. The van der Waals surface area contributed by atoms with E-state index in [1.165, 1.54) is 5.56 Å². The van der Waals surface area contributed by atoms with Crippen molar-refractivity contribution in [1.82, 2.24) is 0 Å². The molecule has 0 amide bonds. The Morgan fingerprint density at radius 2 is 1.19 bits per heavy atom. The summed E-state index contributed by atoms with van der Waals surface area (Å²) in [7, 11) is 0. The largest absolute Gasteiger partial charge is 0.494 e. The highest BCUT2D eigenvalue weighted by atomic mass is 17.2. The topological polar surface area (TPSA) is 63.2 Å². The SMILES string of the molecule is C=CCCCOOCc1ccc(C(=O)Oc2ccc(-c3ccc(OCCCCOc4ccc(C)cc4)cc3)cc2)cc1. The highest BCUT2D eigenvalue weighted by Crippen LogP contribution is 2.25. The maximum Gasteiger partial charge on any atom is 0.343 e. The van der Waals surface area contributed by atoms with E-state index in [0.717, 1.165) is 53.9 Å². The highest BCUT2D eigenvalue weighted by Gasteiger charge is 2.09. The first-order valence-electron chi connectivity index (χ1n) is 14.3. The summed E-state index contributed by atoms with van der Waals surface area (Å²) >= 11 is 0. The summed E-state index contributed by atoms with van der Waals surface area (Å²) in [5.74, 6) is 1.80. The summed E-state index contributed by atoms with van der Waals surface area (Å²) in [6.45, 7) is 7.87. The number of hydrogen-bond acceptors (Lipinski definition) is 6. The Labute approximate surface area is 248 Å². The Hall–Kier alpha value is -4.39. The molecule has 218 valence electrons. The molecular weight excluding hydrogens is 528 g/mol. The van der Waals surface area contributed by atoms with Crippen LogP contribution in [0.15, 0.2) is 110 Å². The molecule has 42 heavy (non-hydrogen) atoms. The summed E-state index contributed by atoms with van der Waals surface area (Å²) in [6.07, 6.45) is 5.44. The van der Waals surface area contributed by atoms with E-state index in [1.54, 1.807) is 24.3 Å². The van der Waals surface area contributed by atoms with Crippen molar-refractivity contribution in [3.8, 4) is 28.4 Å². The molecule has 0 heterocycles. The van der Waals surface area contributed by atoms with Crippen molar-refractivity contribution in [2.24, 2.45) is 0 Å². The Balaban J connectivity index is 1.16.